The van der Waals surface area contributed by atoms with Gasteiger partial charge < -0.3 is 0 Å². The summed E-state index contributed by atoms with van der Waals surface area (Å²) in [5.74, 6) is 0.463. The van der Waals surface area contributed by atoms with E-state index < -0.39 is 13.1 Å². The number of benzene rings is 4. The molecule has 212 valence electrons. The lowest BCUT2D eigenvalue weighted by atomic mass is 9.69. The summed E-state index contributed by atoms with van der Waals surface area (Å²) in [6, 6.07) is 35.4. The van der Waals surface area contributed by atoms with Crippen LogP contribution in [0.15, 0.2) is 115 Å². The van der Waals surface area contributed by atoms with E-state index >= 15 is 0 Å². The number of carbonyl (C=O) groups is 1. The lowest BCUT2D eigenvalue weighted by Crippen LogP contribution is -2.37. The number of hydrogen-bond donors (Lipinski definition) is 0. The van der Waals surface area contributed by atoms with Gasteiger partial charge >= 0.3 is 0 Å². The number of allylic oxidation sites excluding steroid dienone is 3. The van der Waals surface area contributed by atoms with Crippen LogP contribution in [0.3, 0.4) is 0 Å². The Bertz CT molecular complexity index is 1600. The molecule has 0 radical (unpaired) electrons. The molecule has 2 aliphatic rings. The lowest BCUT2D eigenvalue weighted by molar-refractivity contribution is 0.101. The third kappa shape index (κ3) is 5.03. The molecule has 4 aromatic carbocycles. The quantitative estimate of drug-likeness (QED) is 0.212. The first-order chi connectivity index (χ1) is 20.3. The smallest absolute Gasteiger partial charge is 0.190 e. The number of hydrogen-bond acceptors (Lipinski definition) is 1. The summed E-state index contributed by atoms with van der Waals surface area (Å²) in [4.78, 5) is 14.7. The minimum absolute atomic E-state index is 0.209. The minimum atomic E-state index is -0.983. The van der Waals surface area contributed by atoms with Gasteiger partial charge in [0.05, 0.1) is 0 Å². The fourth-order valence-corrected chi connectivity index (χ4v) is 10.3. The number of Topliss-reactive ketones (excluding diaryl/α,β-unsaturated/α-hetero) is 1. The average molecular weight is 569 g/mol. The van der Waals surface area contributed by atoms with Gasteiger partial charge in [0.2, 0.25) is 0 Å². The van der Waals surface area contributed by atoms with E-state index in [1.807, 2.05) is 18.2 Å². The minimum Gasteiger partial charge on any atom is -0.289 e. The Labute approximate surface area is 253 Å². The van der Waals surface area contributed by atoms with Gasteiger partial charge in [-0.1, -0.05) is 140 Å². The van der Waals surface area contributed by atoms with E-state index in [2.05, 4.69) is 107 Å². The van der Waals surface area contributed by atoms with E-state index in [0.29, 0.717) is 0 Å². The number of carbonyl (C=O) groups excluding carboxylic acids is 1. The molecule has 2 heteroatoms. The highest BCUT2D eigenvalue weighted by Crippen LogP contribution is 2.63. The molecule has 4 aromatic rings. The maximum atomic E-state index is 14.7. The van der Waals surface area contributed by atoms with Gasteiger partial charge in [-0.15, -0.1) is 0 Å². The Balaban J connectivity index is 1.72. The topological polar surface area (TPSA) is 17.1 Å². The molecule has 0 saturated heterocycles. The third-order valence-corrected chi connectivity index (χ3v) is 12.5. The second kappa shape index (κ2) is 11.6. The zero-order valence-electron chi connectivity index (χ0n) is 25.4. The first kappa shape index (κ1) is 28.6. The van der Waals surface area contributed by atoms with Gasteiger partial charge in [0.25, 0.3) is 0 Å². The molecular weight excluding hydrogens is 527 g/mol. The fraction of sp³-hybridized carbons (Fsp3) is 0.275. The van der Waals surface area contributed by atoms with Crippen molar-refractivity contribution in [2.45, 2.75) is 65.0 Å². The van der Waals surface area contributed by atoms with Crippen LogP contribution in [0.2, 0.25) is 0 Å². The van der Waals surface area contributed by atoms with Crippen LogP contribution in [0.5, 0.6) is 0 Å². The van der Waals surface area contributed by atoms with E-state index in [4.69, 9.17) is 6.58 Å². The molecule has 1 unspecified atom stereocenters. The summed E-state index contributed by atoms with van der Waals surface area (Å²) < 4.78 is 0. The number of rotatable bonds is 6. The maximum Gasteiger partial charge on any atom is 0.190 e. The van der Waals surface area contributed by atoms with Crippen molar-refractivity contribution >= 4 is 29.9 Å². The van der Waals surface area contributed by atoms with Crippen molar-refractivity contribution in [3.63, 3.8) is 0 Å². The number of aryl methyl sites for hydroxylation is 3. The molecular formula is C40H41OP. The zero-order chi connectivity index (χ0) is 29.4. The van der Waals surface area contributed by atoms with Crippen molar-refractivity contribution in [1.29, 1.82) is 0 Å². The van der Waals surface area contributed by atoms with E-state index in [0.717, 1.165) is 40.7 Å². The van der Waals surface area contributed by atoms with Crippen LogP contribution in [0.4, 0.5) is 0 Å². The molecule has 0 bridgehead atoms. The predicted octanol–water partition coefficient (Wildman–Crippen LogP) is 9.75. The molecule has 0 amide bonds. The first-order valence-electron chi connectivity index (χ1n) is 15.4. The van der Waals surface area contributed by atoms with Crippen molar-refractivity contribution in [1.82, 2.24) is 0 Å². The summed E-state index contributed by atoms with van der Waals surface area (Å²) in [7, 11) is -0.983. The second-order valence-corrected chi connectivity index (χ2v) is 15.0. The van der Waals surface area contributed by atoms with Gasteiger partial charge in [0.1, 0.15) is 0 Å². The first-order valence-corrected chi connectivity index (χ1v) is 16.7. The molecule has 0 aromatic heterocycles. The molecule has 1 nitrogen and oxygen atoms in total. The van der Waals surface area contributed by atoms with Crippen LogP contribution in [-0.2, 0) is 5.16 Å². The van der Waals surface area contributed by atoms with E-state index in [9.17, 15) is 4.79 Å². The normalized spacial score (nSPS) is 17.4. The lowest BCUT2D eigenvalue weighted by Gasteiger charge is -2.46. The molecule has 0 spiro atoms. The van der Waals surface area contributed by atoms with Crippen LogP contribution >= 0.6 is 7.92 Å². The molecule has 2 aliphatic carbocycles. The van der Waals surface area contributed by atoms with E-state index in [1.165, 1.54) is 52.1 Å². The van der Waals surface area contributed by atoms with Gasteiger partial charge in [0.15, 0.2) is 5.78 Å². The largest absolute Gasteiger partial charge is 0.289 e. The van der Waals surface area contributed by atoms with Gasteiger partial charge in [-0.05, 0) is 87.3 Å². The molecule has 1 saturated carbocycles. The Morgan fingerprint density at radius 1 is 0.667 bits per heavy atom. The molecule has 0 heterocycles. The summed E-state index contributed by atoms with van der Waals surface area (Å²) in [5, 5.41) is 2.15. The van der Waals surface area contributed by atoms with Crippen molar-refractivity contribution in [3.8, 4) is 0 Å². The predicted molar refractivity (Wildman–Crippen MR) is 180 cm³/mol. The SMILES string of the molecule is C=C1C(C(C)(c2ccc(C)cc2)P(c2ccc(C)cc2)c2ccc(C)cc2)=C(C2CCCCC2)C(=O)c2ccccc21. The highest BCUT2D eigenvalue weighted by atomic mass is 31.1. The number of ketones is 1. The Morgan fingerprint density at radius 2 is 1.14 bits per heavy atom. The molecule has 0 N–H and O–H groups in total. The van der Waals surface area contributed by atoms with Crippen LogP contribution in [0, 0.1) is 26.7 Å². The van der Waals surface area contributed by atoms with Crippen molar-refractivity contribution in [2.24, 2.45) is 5.92 Å². The summed E-state index contributed by atoms with van der Waals surface area (Å²) in [6.45, 7) is 13.7. The molecule has 6 rings (SSSR count). The van der Waals surface area contributed by atoms with Gasteiger partial charge in [-0.25, -0.2) is 0 Å². The molecule has 0 aliphatic heterocycles. The molecule has 1 atom stereocenters. The van der Waals surface area contributed by atoms with Crippen molar-refractivity contribution in [3.05, 3.63) is 148 Å². The molecule has 42 heavy (non-hydrogen) atoms. The summed E-state index contributed by atoms with van der Waals surface area (Å²) in [5.41, 5.74) is 9.98. The van der Waals surface area contributed by atoms with Crippen LogP contribution in [0.1, 0.15) is 77.2 Å². The van der Waals surface area contributed by atoms with Crippen LogP contribution in [0.25, 0.3) is 5.57 Å². The standard InChI is InChI=1S/C40H41OP/c1-27-15-21-32(22-16-27)40(5,42(33-23-17-28(2)18-24-33)34-25-19-29(3)20-26-34)38-30(4)35-13-9-10-14-36(35)39(41)37(38)31-11-7-6-8-12-31/h9-10,13-26,31H,4,6-8,11-12H2,1-3,5H3. The van der Waals surface area contributed by atoms with E-state index in [-0.39, 0.29) is 11.7 Å². The van der Waals surface area contributed by atoms with Crippen molar-refractivity contribution in [2.75, 3.05) is 0 Å². The number of fused-ring (bicyclic) bond motifs is 1. The highest BCUT2D eigenvalue weighted by molar-refractivity contribution is 7.74. The zero-order valence-corrected chi connectivity index (χ0v) is 26.3. The Hall–Kier alpha value is -3.54. The van der Waals surface area contributed by atoms with Gasteiger partial charge in [-0.2, -0.15) is 0 Å². The van der Waals surface area contributed by atoms with Crippen molar-refractivity contribution < 1.29 is 4.79 Å². The summed E-state index contributed by atoms with van der Waals surface area (Å²) >= 11 is 0. The van der Waals surface area contributed by atoms with Crippen LogP contribution < -0.4 is 10.6 Å². The third-order valence-electron chi connectivity index (χ3n) is 9.46. The maximum absolute atomic E-state index is 14.7. The monoisotopic (exact) mass is 568 g/mol. The Morgan fingerprint density at radius 3 is 1.67 bits per heavy atom. The average Bonchev–Trinajstić information content (AvgIpc) is 3.01. The summed E-state index contributed by atoms with van der Waals surface area (Å²) in [6.07, 6.45) is 5.73. The molecule has 1 fully saturated rings. The fourth-order valence-electron chi connectivity index (χ4n) is 7.15. The van der Waals surface area contributed by atoms with E-state index in [1.54, 1.807) is 0 Å². The van der Waals surface area contributed by atoms with Gasteiger partial charge in [0, 0.05) is 16.3 Å². The van der Waals surface area contributed by atoms with Gasteiger partial charge in [-0.3, -0.25) is 4.79 Å². The second-order valence-electron chi connectivity index (χ2n) is 12.4. The highest BCUT2D eigenvalue weighted by Gasteiger charge is 2.47. The Kier molecular flexibility index (Phi) is 7.91. The van der Waals surface area contributed by atoms with Crippen LogP contribution in [-0.4, -0.2) is 5.78 Å².